The Morgan fingerprint density at radius 3 is 2.55 bits per heavy atom. The molecule has 0 amide bonds. The van der Waals surface area contributed by atoms with E-state index in [0.29, 0.717) is 23.2 Å². The molecule has 1 aromatic carbocycles. The number of hydrogen-bond acceptors (Lipinski definition) is 2. The zero-order valence-electron chi connectivity index (χ0n) is 12.3. The van der Waals surface area contributed by atoms with Crippen molar-refractivity contribution >= 4 is 10.9 Å². The van der Waals surface area contributed by atoms with Crippen molar-refractivity contribution in [1.29, 1.82) is 0 Å². The zero-order valence-corrected chi connectivity index (χ0v) is 12.3. The summed E-state index contributed by atoms with van der Waals surface area (Å²) in [6.07, 6.45) is -2.16. The predicted octanol–water partition coefficient (Wildman–Crippen LogP) is 3.45. The Labute approximate surface area is 125 Å². The summed E-state index contributed by atoms with van der Waals surface area (Å²) in [5.74, 6) is 0. The monoisotopic (exact) mass is 310 g/mol. The molecule has 1 N–H and O–H groups in total. The number of aromatic amines is 1. The lowest BCUT2D eigenvalue weighted by Crippen LogP contribution is -2.25. The second-order valence-electron chi connectivity index (χ2n) is 5.80. The van der Waals surface area contributed by atoms with Gasteiger partial charge in [-0.05, 0) is 51.1 Å². The molecule has 0 unspecified atom stereocenters. The van der Waals surface area contributed by atoms with Crippen LogP contribution in [0.25, 0.3) is 10.9 Å². The van der Waals surface area contributed by atoms with Crippen molar-refractivity contribution in [3.05, 3.63) is 45.2 Å². The van der Waals surface area contributed by atoms with Crippen LogP contribution in [0, 0.1) is 6.92 Å². The van der Waals surface area contributed by atoms with Crippen LogP contribution >= 0.6 is 0 Å². The number of H-pyrrole nitrogens is 1. The highest BCUT2D eigenvalue weighted by Crippen LogP contribution is 2.30. The summed E-state index contributed by atoms with van der Waals surface area (Å²) in [4.78, 5) is 17.7. The van der Waals surface area contributed by atoms with Gasteiger partial charge in [0.05, 0.1) is 11.1 Å². The average Bonchev–Trinajstić information content (AvgIpc) is 2.95. The van der Waals surface area contributed by atoms with Gasteiger partial charge in [0.2, 0.25) is 0 Å². The summed E-state index contributed by atoms with van der Waals surface area (Å²) in [6.45, 7) is 4.22. The molecule has 0 saturated carbocycles. The lowest BCUT2D eigenvalue weighted by atomic mass is 10.1. The van der Waals surface area contributed by atoms with Gasteiger partial charge in [-0.3, -0.25) is 9.69 Å². The number of pyridine rings is 1. The van der Waals surface area contributed by atoms with E-state index in [4.69, 9.17) is 0 Å². The lowest BCUT2D eigenvalue weighted by Gasteiger charge is -2.16. The van der Waals surface area contributed by atoms with Gasteiger partial charge in [0.25, 0.3) is 0 Å². The molecular formula is C16H17F3N2O. The number of nitrogens with zero attached hydrogens (tertiary/aromatic N) is 1. The van der Waals surface area contributed by atoms with Gasteiger partial charge in [-0.15, -0.1) is 0 Å². The molecule has 0 bridgehead atoms. The maximum Gasteiger partial charge on any atom is 0.416 e. The maximum absolute atomic E-state index is 12.8. The van der Waals surface area contributed by atoms with Gasteiger partial charge in [-0.1, -0.05) is 0 Å². The van der Waals surface area contributed by atoms with Gasteiger partial charge in [0.15, 0.2) is 5.43 Å². The van der Waals surface area contributed by atoms with E-state index < -0.39 is 11.7 Å². The Bertz CT molecular complexity index is 758. The standard InChI is InChI=1S/C16H17F3N2O/c1-10-13(9-21-6-2-3-7-21)15(22)12-5-4-11(16(17,18)19)8-14(12)20-10/h4-5,8H,2-3,6-7,9H2,1H3,(H,20,22). The third-order valence-corrected chi connectivity index (χ3v) is 4.22. The van der Waals surface area contributed by atoms with Crippen molar-refractivity contribution in [2.24, 2.45) is 0 Å². The summed E-state index contributed by atoms with van der Waals surface area (Å²) in [5, 5.41) is 0.313. The highest BCUT2D eigenvalue weighted by atomic mass is 19.4. The number of benzene rings is 1. The largest absolute Gasteiger partial charge is 0.416 e. The predicted molar refractivity (Wildman–Crippen MR) is 78.8 cm³/mol. The summed E-state index contributed by atoms with van der Waals surface area (Å²) in [5.41, 5.74) is 0.606. The van der Waals surface area contributed by atoms with Crippen LogP contribution in [-0.2, 0) is 12.7 Å². The molecular weight excluding hydrogens is 293 g/mol. The molecule has 0 spiro atoms. The Hall–Kier alpha value is -1.82. The second kappa shape index (κ2) is 5.43. The van der Waals surface area contributed by atoms with Gasteiger partial charge in [-0.2, -0.15) is 13.2 Å². The number of nitrogens with one attached hydrogen (secondary N) is 1. The van der Waals surface area contributed by atoms with Crippen LogP contribution in [-0.4, -0.2) is 23.0 Å². The first-order valence-corrected chi connectivity index (χ1v) is 7.31. The van der Waals surface area contributed by atoms with Crippen molar-refractivity contribution in [3.63, 3.8) is 0 Å². The minimum absolute atomic E-state index is 0.174. The minimum Gasteiger partial charge on any atom is -0.358 e. The molecule has 1 aliphatic heterocycles. The molecule has 1 aliphatic rings. The van der Waals surface area contributed by atoms with E-state index in [1.54, 1.807) is 6.92 Å². The summed E-state index contributed by atoms with van der Waals surface area (Å²) in [7, 11) is 0. The molecule has 0 atom stereocenters. The average molecular weight is 310 g/mol. The number of alkyl halides is 3. The highest BCUT2D eigenvalue weighted by Gasteiger charge is 2.30. The maximum atomic E-state index is 12.8. The van der Waals surface area contributed by atoms with Crippen molar-refractivity contribution in [2.75, 3.05) is 13.1 Å². The molecule has 3 nitrogen and oxygen atoms in total. The van der Waals surface area contributed by atoms with Gasteiger partial charge in [-0.25, -0.2) is 0 Å². The summed E-state index contributed by atoms with van der Waals surface area (Å²) < 4.78 is 38.3. The van der Waals surface area contributed by atoms with Crippen molar-refractivity contribution in [3.8, 4) is 0 Å². The normalized spacial score (nSPS) is 16.5. The molecule has 118 valence electrons. The van der Waals surface area contributed by atoms with Crippen LogP contribution in [0.1, 0.15) is 29.7 Å². The van der Waals surface area contributed by atoms with Crippen LogP contribution in [0.15, 0.2) is 23.0 Å². The number of fused-ring (bicyclic) bond motifs is 1. The first-order valence-electron chi connectivity index (χ1n) is 7.31. The molecule has 1 aromatic heterocycles. The smallest absolute Gasteiger partial charge is 0.358 e. The second-order valence-corrected chi connectivity index (χ2v) is 5.80. The number of halogens is 3. The van der Waals surface area contributed by atoms with E-state index in [1.807, 2.05) is 0 Å². The molecule has 1 saturated heterocycles. The number of rotatable bonds is 2. The van der Waals surface area contributed by atoms with E-state index >= 15 is 0 Å². The van der Waals surface area contributed by atoms with Gasteiger partial charge in [0.1, 0.15) is 0 Å². The van der Waals surface area contributed by atoms with Crippen LogP contribution in [0.4, 0.5) is 13.2 Å². The fourth-order valence-corrected chi connectivity index (χ4v) is 2.99. The highest BCUT2D eigenvalue weighted by molar-refractivity contribution is 5.80. The van der Waals surface area contributed by atoms with Crippen LogP contribution < -0.4 is 5.43 Å². The fourth-order valence-electron chi connectivity index (χ4n) is 2.99. The molecule has 2 heterocycles. The van der Waals surface area contributed by atoms with E-state index in [9.17, 15) is 18.0 Å². The Morgan fingerprint density at radius 2 is 1.91 bits per heavy atom. The van der Waals surface area contributed by atoms with Crippen molar-refractivity contribution in [2.45, 2.75) is 32.5 Å². The summed E-state index contributed by atoms with van der Waals surface area (Å²) in [6, 6.07) is 3.24. The van der Waals surface area contributed by atoms with Crippen molar-refractivity contribution in [1.82, 2.24) is 9.88 Å². The minimum atomic E-state index is -4.41. The van der Waals surface area contributed by atoms with Crippen LogP contribution in [0.3, 0.4) is 0 Å². The van der Waals surface area contributed by atoms with E-state index in [1.165, 1.54) is 6.07 Å². The first kappa shape index (κ1) is 15.1. The third-order valence-electron chi connectivity index (χ3n) is 4.22. The van der Waals surface area contributed by atoms with Crippen LogP contribution in [0.2, 0.25) is 0 Å². The number of hydrogen-bond donors (Lipinski definition) is 1. The van der Waals surface area contributed by atoms with E-state index in [2.05, 4.69) is 9.88 Å². The number of likely N-dealkylation sites (tertiary alicyclic amines) is 1. The van der Waals surface area contributed by atoms with Crippen molar-refractivity contribution < 1.29 is 13.2 Å². The summed E-state index contributed by atoms with van der Waals surface area (Å²) >= 11 is 0. The van der Waals surface area contributed by atoms with Crippen LogP contribution in [0.5, 0.6) is 0 Å². The van der Waals surface area contributed by atoms with E-state index in [-0.39, 0.29) is 10.9 Å². The quantitative estimate of drug-likeness (QED) is 0.922. The Morgan fingerprint density at radius 1 is 1.23 bits per heavy atom. The molecule has 1 fully saturated rings. The van der Waals surface area contributed by atoms with Gasteiger partial charge >= 0.3 is 6.18 Å². The number of aromatic nitrogens is 1. The molecule has 0 radical (unpaired) electrons. The Balaban J connectivity index is 2.07. The molecule has 3 rings (SSSR count). The first-order chi connectivity index (χ1) is 10.4. The molecule has 6 heteroatoms. The lowest BCUT2D eigenvalue weighted by molar-refractivity contribution is -0.137. The van der Waals surface area contributed by atoms with Gasteiger partial charge < -0.3 is 4.98 Å². The van der Waals surface area contributed by atoms with E-state index in [0.717, 1.165) is 38.1 Å². The molecule has 0 aliphatic carbocycles. The van der Waals surface area contributed by atoms with Gasteiger partial charge in [0, 0.05) is 23.2 Å². The molecule has 2 aromatic rings. The zero-order chi connectivity index (χ0) is 15.9. The molecule has 22 heavy (non-hydrogen) atoms. The Kier molecular flexibility index (Phi) is 3.72. The topological polar surface area (TPSA) is 36.1 Å². The third kappa shape index (κ3) is 2.75. The fraction of sp³-hybridized carbons (Fsp3) is 0.438. The SMILES string of the molecule is Cc1[nH]c2cc(C(F)(F)F)ccc2c(=O)c1CN1CCCC1. The number of aryl methyl sites for hydroxylation is 1.